The van der Waals surface area contributed by atoms with Crippen LogP contribution in [-0.4, -0.2) is 0 Å². The van der Waals surface area contributed by atoms with Crippen LogP contribution in [0.3, 0.4) is 0 Å². The fourth-order valence-corrected chi connectivity index (χ4v) is 8.91. The Bertz CT molecular complexity index is 2890. The molecule has 0 spiro atoms. The van der Waals surface area contributed by atoms with Crippen molar-refractivity contribution in [3.63, 3.8) is 0 Å². The highest BCUT2D eigenvalue weighted by molar-refractivity contribution is 7.26. The Labute approximate surface area is 307 Å². The van der Waals surface area contributed by atoms with E-state index in [1.54, 1.807) is 0 Å². The van der Waals surface area contributed by atoms with Crippen LogP contribution in [0.1, 0.15) is 0 Å². The van der Waals surface area contributed by atoms with Crippen molar-refractivity contribution in [1.82, 2.24) is 0 Å². The second kappa shape index (κ2) is 12.7. The number of fused-ring (bicyclic) bond motifs is 6. The molecule has 0 aliphatic carbocycles. The average molecular weight is 680 g/mol. The van der Waals surface area contributed by atoms with Crippen LogP contribution in [0.25, 0.3) is 75.1 Å². The molecule has 1 heterocycles. The Morgan fingerprint density at radius 3 is 1.67 bits per heavy atom. The smallest absolute Gasteiger partial charge is 0.0476 e. The van der Waals surface area contributed by atoms with Gasteiger partial charge in [-0.2, -0.15) is 0 Å². The number of benzene rings is 9. The monoisotopic (exact) mass is 679 g/mol. The molecule has 0 bridgehead atoms. The number of hydrogen-bond donors (Lipinski definition) is 0. The summed E-state index contributed by atoms with van der Waals surface area (Å²) in [6.07, 6.45) is 0. The summed E-state index contributed by atoms with van der Waals surface area (Å²) < 4.78 is 2.61. The van der Waals surface area contributed by atoms with Gasteiger partial charge in [-0.3, -0.25) is 0 Å². The van der Waals surface area contributed by atoms with E-state index in [1.807, 2.05) is 11.3 Å². The molecule has 0 aliphatic rings. The molecule has 10 rings (SSSR count). The van der Waals surface area contributed by atoms with Crippen molar-refractivity contribution >= 4 is 70.1 Å². The van der Waals surface area contributed by atoms with Gasteiger partial charge in [-0.25, -0.2) is 0 Å². The van der Waals surface area contributed by atoms with Gasteiger partial charge in [-0.15, -0.1) is 11.3 Å². The van der Waals surface area contributed by atoms with Crippen LogP contribution in [0, 0.1) is 0 Å². The van der Waals surface area contributed by atoms with Gasteiger partial charge in [0.15, 0.2) is 0 Å². The van der Waals surface area contributed by atoms with Crippen molar-refractivity contribution in [2.24, 2.45) is 0 Å². The molecule has 1 aromatic heterocycles. The van der Waals surface area contributed by atoms with Gasteiger partial charge >= 0.3 is 0 Å². The molecule has 0 N–H and O–H groups in total. The highest BCUT2D eigenvalue weighted by Gasteiger charge is 2.18. The first-order valence-corrected chi connectivity index (χ1v) is 18.6. The molecule has 244 valence electrons. The maximum atomic E-state index is 2.41. The number of nitrogens with zero attached hydrogens (tertiary/aromatic N) is 1. The van der Waals surface area contributed by atoms with E-state index in [9.17, 15) is 0 Å². The van der Waals surface area contributed by atoms with E-state index in [2.05, 4.69) is 205 Å². The molecule has 0 unspecified atom stereocenters. The fraction of sp³-hybridized carbons (Fsp3) is 0. The molecular weight excluding hydrogens is 647 g/mol. The first kappa shape index (κ1) is 30.4. The van der Waals surface area contributed by atoms with Crippen LogP contribution in [0.2, 0.25) is 0 Å². The number of hydrogen-bond acceptors (Lipinski definition) is 2. The summed E-state index contributed by atoms with van der Waals surface area (Å²) in [6, 6.07) is 72.9. The maximum Gasteiger partial charge on any atom is 0.0476 e. The summed E-state index contributed by atoms with van der Waals surface area (Å²) >= 11 is 1.89. The summed E-state index contributed by atoms with van der Waals surface area (Å²) in [7, 11) is 0. The molecule has 0 radical (unpaired) electrons. The minimum atomic E-state index is 1.12. The van der Waals surface area contributed by atoms with Gasteiger partial charge < -0.3 is 4.90 Å². The topological polar surface area (TPSA) is 3.24 Å². The van der Waals surface area contributed by atoms with Crippen molar-refractivity contribution in [3.8, 4) is 33.4 Å². The van der Waals surface area contributed by atoms with Crippen molar-refractivity contribution in [2.75, 3.05) is 4.90 Å². The summed E-state index contributed by atoms with van der Waals surface area (Å²) in [5.74, 6) is 0. The van der Waals surface area contributed by atoms with E-state index in [-0.39, 0.29) is 0 Å². The molecule has 0 saturated heterocycles. The average Bonchev–Trinajstić information content (AvgIpc) is 3.59. The van der Waals surface area contributed by atoms with Crippen LogP contribution in [-0.2, 0) is 0 Å². The lowest BCUT2D eigenvalue weighted by Gasteiger charge is -2.26. The summed E-state index contributed by atoms with van der Waals surface area (Å²) in [5, 5.41) is 7.65. The number of anilines is 3. The molecule has 9 aromatic carbocycles. The minimum absolute atomic E-state index is 1.12. The first-order chi connectivity index (χ1) is 25.8. The largest absolute Gasteiger partial charge is 0.310 e. The van der Waals surface area contributed by atoms with Gasteiger partial charge in [-0.1, -0.05) is 158 Å². The number of thiophene rings is 1. The standard InChI is InChI=1S/C50H33NS/c1-3-12-34(13-4-1)36-22-24-37(25-23-36)40-18-11-19-41(30-40)51(42-27-26-35-14-7-8-17-39(35)31-42)43-28-29-45-48-33-47(38-15-5-2-6-16-38)44-20-9-10-21-46(44)50(48)52-49(45)32-43/h1-33H. The van der Waals surface area contributed by atoms with Gasteiger partial charge in [0.2, 0.25) is 0 Å². The lowest BCUT2D eigenvalue weighted by molar-refractivity contribution is 1.30. The molecule has 0 fully saturated rings. The minimum Gasteiger partial charge on any atom is -0.310 e. The summed E-state index contributed by atoms with van der Waals surface area (Å²) in [6.45, 7) is 0. The first-order valence-electron chi connectivity index (χ1n) is 17.8. The SMILES string of the molecule is c1ccc(-c2ccc(-c3cccc(N(c4ccc5ccccc5c4)c4ccc5c(c4)sc4c6ccccc6c(-c6ccccc6)cc54)c3)cc2)cc1. The zero-order valence-electron chi connectivity index (χ0n) is 28.4. The zero-order valence-corrected chi connectivity index (χ0v) is 29.2. The van der Waals surface area contributed by atoms with Gasteiger partial charge in [-0.05, 0) is 92.0 Å². The predicted octanol–water partition coefficient (Wildman–Crippen LogP) is 14.8. The Morgan fingerprint density at radius 1 is 0.308 bits per heavy atom. The van der Waals surface area contributed by atoms with Gasteiger partial charge in [0, 0.05) is 42.6 Å². The molecule has 1 nitrogen and oxygen atoms in total. The predicted molar refractivity (Wildman–Crippen MR) is 225 cm³/mol. The van der Waals surface area contributed by atoms with Crippen molar-refractivity contribution < 1.29 is 0 Å². The van der Waals surface area contributed by atoms with Crippen LogP contribution in [0.15, 0.2) is 200 Å². The molecule has 10 aromatic rings. The third-order valence-electron chi connectivity index (χ3n) is 10.2. The Balaban J connectivity index is 1.13. The third-order valence-corrected chi connectivity index (χ3v) is 11.4. The molecular formula is C50H33NS. The van der Waals surface area contributed by atoms with Crippen molar-refractivity contribution in [1.29, 1.82) is 0 Å². The van der Waals surface area contributed by atoms with Gasteiger partial charge in [0.1, 0.15) is 0 Å². The highest BCUT2D eigenvalue weighted by atomic mass is 32.1. The van der Waals surface area contributed by atoms with Crippen LogP contribution in [0.4, 0.5) is 17.1 Å². The van der Waals surface area contributed by atoms with E-state index in [0.29, 0.717) is 0 Å². The van der Waals surface area contributed by atoms with Crippen molar-refractivity contribution in [3.05, 3.63) is 200 Å². The summed E-state index contributed by atoms with van der Waals surface area (Å²) in [4.78, 5) is 2.41. The Hall–Kier alpha value is -6.48. The van der Waals surface area contributed by atoms with Gasteiger partial charge in [0.25, 0.3) is 0 Å². The normalized spacial score (nSPS) is 11.5. The third kappa shape index (κ3) is 5.33. The molecule has 0 saturated carbocycles. The van der Waals surface area contributed by atoms with Crippen LogP contribution in [0.5, 0.6) is 0 Å². The Kier molecular flexibility index (Phi) is 7.41. The summed E-state index contributed by atoms with van der Waals surface area (Å²) in [5.41, 5.74) is 10.7. The molecule has 0 atom stereocenters. The van der Waals surface area contributed by atoms with E-state index in [1.165, 1.54) is 75.1 Å². The molecule has 2 heteroatoms. The quantitative estimate of drug-likeness (QED) is 0.169. The molecule has 0 aliphatic heterocycles. The zero-order chi connectivity index (χ0) is 34.4. The van der Waals surface area contributed by atoms with E-state index in [0.717, 1.165) is 17.1 Å². The number of rotatable bonds is 6. The van der Waals surface area contributed by atoms with Crippen LogP contribution >= 0.6 is 11.3 Å². The second-order valence-electron chi connectivity index (χ2n) is 13.4. The lowest BCUT2D eigenvalue weighted by Crippen LogP contribution is -2.10. The van der Waals surface area contributed by atoms with E-state index < -0.39 is 0 Å². The van der Waals surface area contributed by atoms with E-state index in [4.69, 9.17) is 0 Å². The molecule has 52 heavy (non-hydrogen) atoms. The van der Waals surface area contributed by atoms with E-state index >= 15 is 0 Å². The lowest BCUT2D eigenvalue weighted by atomic mass is 9.95. The van der Waals surface area contributed by atoms with Crippen molar-refractivity contribution in [2.45, 2.75) is 0 Å². The molecule has 0 amide bonds. The van der Waals surface area contributed by atoms with Crippen LogP contribution < -0.4 is 4.90 Å². The Morgan fingerprint density at radius 2 is 0.885 bits per heavy atom. The van der Waals surface area contributed by atoms with Gasteiger partial charge in [0.05, 0.1) is 0 Å². The second-order valence-corrected chi connectivity index (χ2v) is 14.4. The fourth-order valence-electron chi connectivity index (χ4n) is 7.66. The maximum absolute atomic E-state index is 2.41. The highest BCUT2D eigenvalue weighted by Crippen LogP contribution is 2.45.